The van der Waals surface area contributed by atoms with Gasteiger partial charge in [-0.25, -0.2) is 4.39 Å². The van der Waals surface area contributed by atoms with Crippen molar-refractivity contribution in [2.75, 3.05) is 11.9 Å². The molecule has 5 heteroatoms. The Kier molecular flexibility index (Phi) is 3.29. The number of aryl methyl sites for hydroxylation is 1. The molecule has 1 aliphatic heterocycles. The summed E-state index contributed by atoms with van der Waals surface area (Å²) in [5, 5.41) is 6.16. The number of anilines is 1. The van der Waals surface area contributed by atoms with E-state index in [2.05, 4.69) is 15.6 Å². The van der Waals surface area contributed by atoms with Crippen LogP contribution in [0.4, 0.5) is 10.1 Å². The summed E-state index contributed by atoms with van der Waals surface area (Å²) in [5.74, 6) is -0.261. The van der Waals surface area contributed by atoms with Gasteiger partial charge in [0.15, 0.2) is 0 Å². The Morgan fingerprint density at radius 3 is 2.78 bits per heavy atom. The maximum absolute atomic E-state index is 14.2. The molecule has 2 heterocycles. The molecule has 1 aliphatic carbocycles. The molecule has 1 aromatic carbocycles. The molecule has 1 aromatic heterocycles. The SMILES string of the molecule is O=C(NC1(c2ccc3c(n2)CCCN3)CC1F)c1ccccc1. The van der Waals surface area contributed by atoms with Crippen molar-refractivity contribution in [2.45, 2.75) is 31.0 Å². The van der Waals surface area contributed by atoms with Gasteiger partial charge < -0.3 is 10.6 Å². The molecular formula is C18H18FN3O. The number of carbonyl (C=O) groups is 1. The lowest BCUT2D eigenvalue weighted by atomic mass is 10.1. The van der Waals surface area contributed by atoms with Gasteiger partial charge in [0.2, 0.25) is 0 Å². The van der Waals surface area contributed by atoms with Crippen LogP contribution in [0.5, 0.6) is 0 Å². The molecule has 1 fully saturated rings. The van der Waals surface area contributed by atoms with Crippen LogP contribution in [0.25, 0.3) is 0 Å². The van der Waals surface area contributed by atoms with Gasteiger partial charge in [-0.3, -0.25) is 9.78 Å². The highest BCUT2D eigenvalue weighted by Gasteiger charge is 2.59. The van der Waals surface area contributed by atoms with Gasteiger partial charge in [0.1, 0.15) is 11.7 Å². The van der Waals surface area contributed by atoms with E-state index >= 15 is 0 Å². The fraction of sp³-hybridized carbons (Fsp3) is 0.333. The van der Waals surface area contributed by atoms with Crippen molar-refractivity contribution in [1.82, 2.24) is 10.3 Å². The van der Waals surface area contributed by atoms with Gasteiger partial charge in [0, 0.05) is 18.5 Å². The molecule has 0 saturated heterocycles. The third kappa shape index (κ3) is 2.46. The molecule has 2 aliphatic rings. The second-order valence-corrected chi connectivity index (χ2v) is 6.18. The normalized spacial score (nSPS) is 25.2. The number of pyridine rings is 1. The summed E-state index contributed by atoms with van der Waals surface area (Å²) in [7, 11) is 0. The van der Waals surface area contributed by atoms with Gasteiger partial charge in [-0.05, 0) is 37.1 Å². The first-order valence-electron chi connectivity index (χ1n) is 7.95. The van der Waals surface area contributed by atoms with E-state index in [-0.39, 0.29) is 12.3 Å². The van der Waals surface area contributed by atoms with Crippen molar-refractivity contribution >= 4 is 11.6 Å². The molecule has 4 nitrogen and oxygen atoms in total. The summed E-state index contributed by atoms with van der Waals surface area (Å²) in [5.41, 5.74) is 2.16. The van der Waals surface area contributed by atoms with Gasteiger partial charge in [0.05, 0.1) is 17.1 Å². The molecule has 2 unspecified atom stereocenters. The van der Waals surface area contributed by atoms with Crippen LogP contribution in [0.15, 0.2) is 42.5 Å². The van der Waals surface area contributed by atoms with Crippen molar-refractivity contribution in [3.8, 4) is 0 Å². The number of nitrogens with zero attached hydrogens (tertiary/aromatic N) is 1. The number of rotatable bonds is 3. The number of carbonyl (C=O) groups excluding carboxylic acids is 1. The molecule has 4 rings (SSSR count). The summed E-state index contributed by atoms with van der Waals surface area (Å²) in [6, 6.07) is 12.7. The maximum Gasteiger partial charge on any atom is 0.252 e. The molecule has 0 radical (unpaired) electrons. The van der Waals surface area contributed by atoms with E-state index in [1.54, 1.807) is 24.3 Å². The van der Waals surface area contributed by atoms with Crippen molar-refractivity contribution < 1.29 is 9.18 Å². The lowest BCUT2D eigenvalue weighted by molar-refractivity contribution is 0.0922. The number of halogens is 1. The van der Waals surface area contributed by atoms with Crippen LogP contribution in [0.2, 0.25) is 0 Å². The Hall–Kier alpha value is -2.43. The van der Waals surface area contributed by atoms with Gasteiger partial charge in [-0.1, -0.05) is 18.2 Å². The van der Waals surface area contributed by atoms with Crippen molar-refractivity contribution in [2.24, 2.45) is 0 Å². The number of fused-ring (bicyclic) bond motifs is 1. The number of benzene rings is 1. The summed E-state index contributed by atoms with van der Waals surface area (Å²) < 4.78 is 14.2. The molecule has 23 heavy (non-hydrogen) atoms. The average Bonchev–Trinajstić information content (AvgIpc) is 3.25. The maximum atomic E-state index is 14.2. The molecule has 1 amide bonds. The van der Waals surface area contributed by atoms with E-state index in [0.717, 1.165) is 30.8 Å². The predicted octanol–water partition coefficient (Wildman–Crippen LogP) is 2.81. The van der Waals surface area contributed by atoms with Crippen molar-refractivity contribution in [1.29, 1.82) is 0 Å². The minimum absolute atomic E-state index is 0.261. The topological polar surface area (TPSA) is 54.0 Å². The van der Waals surface area contributed by atoms with Crippen LogP contribution in [0.1, 0.15) is 34.6 Å². The van der Waals surface area contributed by atoms with Crippen molar-refractivity contribution in [3.05, 3.63) is 59.4 Å². The van der Waals surface area contributed by atoms with Crippen LogP contribution >= 0.6 is 0 Å². The number of alkyl halides is 1. The molecule has 0 bridgehead atoms. The monoisotopic (exact) mass is 311 g/mol. The van der Waals surface area contributed by atoms with Crippen LogP contribution < -0.4 is 10.6 Å². The Morgan fingerprint density at radius 1 is 1.26 bits per heavy atom. The van der Waals surface area contributed by atoms with Gasteiger partial charge in [0.25, 0.3) is 5.91 Å². The summed E-state index contributed by atoms with van der Waals surface area (Å²) in [6.07, 6.45) is 1.10. The Labute approximate surface area is 134 Å². The molecule has 1 saturated carbocycles. The van der Waals surface area contributed by atoms with Crippen LogP contribution in [0, 0.1) is 0 Å². The zero-order chi connectivity index (χ0) is 15.9. The highest BCUT2D eigenvalue weighted by Crippen LogP contribution is 2.48. The third-order valence-electron chi connectivity index (χ3n) is 4.59. The highest BCUT2D eigenvalue weighted by molar-refractivity contribution is 5.95. The lowest BCUT2D eigenvalue weighted by Crippen LogP contribution is -2.38. The molecule has 0 spiro atoms. The minimum atomic E-state index is -1.09. The largest absolute Gasteiger partial charge is 0.384 e. The number of hydrogen-bond acceptors (Lipinski definition) is 3. The highest BCUT2D eigenvalue weighted by atomic mass is 19.1. The standard InChI is InChI=1S/C18H18FN3O/c19-15-11-18(15,22-17(23)12-5-2-1-3-6-12)16-9-8-13-14(21-16)7-4-10-20-13/h1-3,5-6,8-9,15,20H,4,7,10-11H2,(H,22,23). The predicted molar refractivity (Wildman–Crippen MR) is 86.1 cm³/mol. The first kappa shape index (κ1) is 14.2. The number of amides is 1. The fourth-order valence-corrected chi connectivity index (χ4v) is 3.13. The first-order valence-corrected chi connectivity index (χ1v) is 7.95. The zero-order valence-corrected chi connectivity index (χ0v) is 12.7. The van der Waals surface area contributed by atoms with Crippen molar-refractivity contribution in [3.63, 3.8) is 0 Å². The molecule has 2 atom stereocenters. The zero-order valence-electron chi connectivity index (χ0n) is 12.7. The fourth-order valence-electron chi connectivity index (χ4n) is 3.13. The summed E-state index contributed by atoms with van der Waals surface area (Å²) in [4.78, 5) is 17.0. The Morgan fingerprint density at radius 2 is 2.04 bits per heavy atom. The van der Waals surface area contributed by atoms with Gasteiger partial charge in [-0.2, -0.15) is 0 Å². The number of hydrogen-bond donors (Lipinski definition) is 2. The second-order valence-electron chi connectivity index (χ2n) is 6.18. The minimum Gasteiger partial charge on any atom is -0.384 e. The van der Waals surface area contributed by atoms with E-state index in [4.69, 9.17) is 0 Å². The average molecular weight is 311 g/mol. The smallest absolute Gasteiger partial charge is 0.252 e. The Balaban J connectivity index is 1.62. The van der Waals surface area contributed by atoms with Gasteiger partial charge >= 0.3 is 0 Å². The van der Waals surface area contributed by atoms with E-state index in [0.29, 0.717) is 11.3 Å². The van der Waals surface area contributed by atoms with Crippen LogP contribution in [-0.4, -0.2) is 23.6 Å². The summed E-state index contributed by atoms with van der Waals surface area (Å²) in [6.45, 7) is 0.940. The quantitative estimate of drug-likeness (QED) is 0.916. The summed E-state index contributed by atoms with van der Waals surface area (Å²) >= 11 is 0. The van der Waals surface area contributed by atoms with Gasteiger partial charge in [-0.15, -0.1) is 0 Å². The molecular weight excluding hydrogens is 293 g/mol. The second kappa shape index (κ2) is 5.33. The van der Waals surface area contributed by atoms with E-state index in [1.807, 2.05) is 18.2 Å². The first-order chi connectivity index (χ1) is 11.2. The number of aromatic nitrogens is 1. The third-order valence-corrected chi connectivity index (χ3v) is 4.59. The lowest BCUT2D eigenvalue weighted by Gasteiger charge is -2.22. The van der Waals surface area contributed by atoms with E-state index < -0.39 is 11.7 Å². The molecule has 2 aromatic rings. The van der Waals surface area contributed by atoms with E-state index in [1.165, 1.54) is 0 Å². The van der Waals surface area contributed by atoms with Crippen LogP contribution in [0.3, 0.4) is 0 Å². The van der Waals surface area contributed by atoms with Crippen LogP contribution in [-0.2, 0) is 12.0 Å². The Bertz CT molecular complexity index is 749. The van der Waals surface area contributed by atoms with E-state index in [9.17, 15) is 9.18 Å². The molecule has 2 N–H and O–H groups in total. The molecule has 118 valence electrons. The number of nitrogens with one attached hydrogen (secondary N) is 2.